The van der Waals surface area contributed by atoms with Crippen LogP contribution in [0, 0.1) is 0 Å². The van der Waals surface area contributed by atoms with E-state index in [1.807, 2.05) is 19.1 Å². The monoisotopic (exact) mass is 418 g/mol. The Morgan fingerprint density at radius 2 is 2.03 bits per heavy atom. The molecule has 1 aromatic carbocycles. The predicted octanol–water partition coefficient (Wildman–Crippen LogP) is 3.85. The lowest BCUT2D eigenvalue weighted by molar-refractivity contribution is 0.0698. The number of rotatable bonds is 7. The van der Waals surface area contributed by atoms with E-state index in [-0.39, 0.29) is 18.1 Å². The summed E-state index contributed by atoms with van der Waals surface area (Å²) in [7, 11) is 1.62. The van der Waals surface area contributed by atoms with Gasteiger partial charge in [-0.1, -0.05) is 36.6 Å². The lowest BCUT2D eigenvalue weighted by Gasteiger charge is -2.28. The molecule has 7 heteroatoms. The SMILES string of the molecule is CO[C@@H](C)COc1ncc(C(=O)N[C@@H]2CCCCC2O)cc1-c1ccc(Cl)cc1. The third kappa shape index (κ3) is 5.69. The second-order valence-corrected chi connectivity index (χ2v) is 7.81. The molecule has 0 radical (unpaired) electrons. The highest BCUT2D eigenvalue weighted by atomic mass is 35.5. The molecule has 2 N–H and O–H groups in total. The third-order valence-electron chi connectivity index (χ3n) is 5.17. The van der Waals surface area contributed by atoms with Crippen LogP contribution >= 0.6 is 11.6 Å². The molecule has 6 nitrogen and oxygen atoms in total. The molecule has 1 heterocycles. The minimum Gasteiger partial charge on any atom is -0.474 e. The first-order valence-electron chi connectivity index (χ1n) is 9.88. The van der Waals surface area contributed by atoms with E-state index in [1.54, 1.807) is 25.3 Å². The lowest BCUT2D eigenvalue weighted by Crippen LogP contribution is -2.45. The molecule has 1 fully saturated rings. The fourth-order valence-electron chi connectivity index (χ4n) is 3.32. The van der Waals surface area contributed by atoms with Crippen LogP contribution in [-0.2, 0) is 4.74 Å². The van der Waals surface area contributed by atoms with Crippen molar-refractivity contribution in [3.05, 3.63) is 47.1 Å². The number of nitrogens with zero attached hydrogens (tertiary/aromatic N) is 1. The van der Waals surface area contributed by atoms with Gasteiger partial charge in [0.05, 0.1) is 23.8 Å². The van der Waals surface area contributed by atoms with Crippen LogP contribution in [0.2, 0.25) is 5.02 Å². The molecule has 1 amide bonds. The van der Waals surface area contributed by atoms with E-state index in [2.05, 4.69) is 10.3 Å². The number of aliphatic hydroxyl groups is 1. The molecule has 0 bridgehead atoms. The number of carbonyl (C=O) groups is 1. The molecule has 1 saturated carbocycles. The third-order valence-corrected chi connectivity index (χ3v) is 5.42. The summed E-state index contributed by atoms with van der Waals surface area (Å²) in [4.78, 5) is 17.2. The molecule has 1 aromatic heterocycles. The molecule has 1 unspecified atom stereocenters. The number of aliphatic hydroxyl groups excluding tert-OH is 1. The maximum atomic E-state index is 12.8. The van der Waals surface area contributed by atoms with E-state index < -0.39 is 6.10 Å². The second-order valence-electron chi connectivity index (χ2n) is 7.37. The zero-order chi connectivity index (χ0) is 20.8. The molecule has 156 valence electrons. The average molecular weight is 419 g/mol. The highest BCUT2D eigenvalue weighted by molar-refractivity contribution is 6.30. The molecule has 0 saturated heterocycles. The summed E-state index contributed by atoms with van der Waals surface area (Å²) in [5.41, 5.74) is 1.95. The molecule has 2 aromatic rings. The molecular formula is C22H27ClN2O4. The summed E-state index contributed by atoms with van der Waals surface area (Å²) in [6, 6.07) is 8.81. The number of nitrogens with one attached hydrogen (secondary N) is 1. The number of hydrogen-bond acceptors (Lipinski definition) is 5. The Balaban J connectivity index is 1.85. The maximum absolute atomic E-state index is 12.8. The van der Waals surface area contributed by atoms with Gasteiger partial charge in [0.15, 0.2) is 0 Å². The van der Waals surface area contributed by atoms with Gasteiger partial charge in [-0.15, -0.1) is 0 Å². The van der Waals surface area contributed by atoms with Gasteiger partial charge in [-0.25, -0.2) is 4.98 Å². The van der Waals surface area contributed by atoms with Gasteiger partial charge in [0, 0.05) is 23.9 Å². The van der Waals surface area contributed by atoms with Crippen molar-refractivity contribution in [3.8, 4) is 17.0 Å². The van der Waals surface area contributed by atoms with Crippen LogP contribution in [0.4, 0.5) is 0 Å². The van der Waals surface area contributed by atoms with Crippen LogP contribution in [-0.4, -0.2) is 48.0 Å². The van der Waals surface area contributed by atoms with Crippen LogP contribution in [0.5, 0.6) is 5.88 Å². The maximum Gasteiger partial charge on any atom is 0.253 e. The van der Waals surface area contributed by atoms with Gasteiger partial charge >= 0.3 is 0 Å². The Morgan fingerprint density at radius 1 is 1.31 bits per heavy atom. The number of aromatic nitrogens is 1. The van der Waals surface area contributed by atoms with Crippen molar-refractivity contribution in [1.29, 1.82) is 0 Å². The Bertz CT molecular complexity index is 828. The first kappa shape index (κ1) is 21.6. The zero-order valence-electron chi connectivity index (χ0n) is 16.7. The first-order valence-corrected chi connectivity index (χ1v) is 10.3. The van der Waals surface area contributed by atoms with Gasteiger partial charge in [0.1, 0.15) is 6.61 Å². The van der Waals surface area contributed by atoms with Crippen LogP contribution in [0.15, 0.2) is 36.5 Å². The quantitative estimate of drug-likeness (QED) is 0.713. The zero-order valence-corrected chi connectivity index (χ0v) is 17.5. The fraction of sp³-hybridized carbons (Fsp3) is 0.455. The van der Waals surface area contributed by atoms with Gasteiger partial charge in [0.2, 0.25) is 5.88 Å². The van der Waals surface area contributed by atoms with Gasteiger partial charge in [-0.05, 0) is 43.5 Å². The number of amides is 1. The second kappa shape index (κ2) is 10.1. The van der Waals surface area contributed by atoms with Crippen molar-refractivity contribution in [3.63, 3.8) is 0 Å². The smallest absolute Gasteiger partial charge is 0.253 e. The summed E-state index contributed by atoms with van der Waals surface area (Å²) in [5, 5.41) is 13.7. The highest BCUT2D eigenvalue weighted by Gasteiger charge is 2.25. The summed E-state index contributed by atoms with van der Waals surface area (Å²) in [5.74, 6) is 0.168. The predicted molar refractivity (Wildman–Crippen MR) is 112 cm³/mol. The number of methoxy groups -OCH3 is 1. The van der Waals surface area contributed by atoms with Crippen molar-refractivity contribution in [2.45, 2.75) is 50.9 Å². The van der Waals surface area contributed by atoms with E-state index >= 15 is 0 Å². The van der Waals surface area contributed by atoms with E-state index in [0.29, 0.717) is 35.1 Å². The van der Waals surface area contributed by atoms with E-state index in [1.165, 1.54) is 6.20 Å². The van der Waals surface area contributed by atoms with Crippen molar-refractivity contribution >= 4 is 17.5 Å². The van der Waals surface area contributed by atoms with E-state index in [0.717, 1.165) is 24.8 Å². The van der Waals surface area contributed by atoms with Gasteiger partial charge in [-0.3, -0.25) is 4.79 Å². The minimum atomic E-state index is -0.505. The van der Waals surface area contributed by atoms with Crippen LogP contribution in [0.1, 0.15) is 43.0 Å². The minimum absolute atomic E-state index is 0.0920. The normalized spacial score (nSPS) is 20.1. The Hall–Kier alpha value is -2.15. The average Bonchev–Trinajstić information content (AvgIpc) is 2.74. The molecule has 29 heavy (non-hydrogen) atoms. The Kier molecular flexibility index (Phi) is 7.47. The molecule has 0 spiro atoms. The Labute approximate surface area is 176 Å². The van der Waals surface area contributed by atoms with Crippen LogP contribution in [0.3, 0.4) is 0 Å². The molecule has 3 atom stereocenters. The topological polar surface area (TPSA) is 80.7 Å². The largest absolute Gasteiger partial charge is 0.474 e. The van der Waals surface area contributed by atoms with Crippen molar-refractivity contribution < 1.29 is 19.4 Å². The van der Waals surface area contributed by atoms with Gasteiger partial charge in [0.25, 0.3) is 5.91 Å². The molecule has 3 rings (SSSR count). The van der Waals surface area contributed by atoms with Gasteiger partial charge in [-0.2, -0.15) is 0 Å². The Morgan fingerprint density at radius 3 is 2.72 bits per heavy atom. The van der Waals surface area contributed by atoms with Crippen molar-refractivity contribution in [1.82, 2.24) is 10.3 Å². The summed E-state index contributed by atoms with van der Waals surface area (Å²) in [6.45, 7) is 2.24. The summed E-state index contributed by atoms with van der Waals surface area (Å²) in [6.07, 6.45) is 4.38. The molecule has 1 aliphatic carbocycles. The van der Waals surface area contributed by atoms with E-state index in [9.17, 15) is 9.90 Å². The standard InChI is InChI=1S/C22H27ClN2O4/c1-14(28-2)13-29-22-18(15-7-9-17(23)10-8-15)11-16(12-24-22)21(27)25-19-5-3-4-6-20(19)26/h7-12,14,19-20,26H,3-6,13H2,1-2H3,(H,25,27)/t14-,19+,20?/m0/s1. The van der Waals surface area contributed by atoms with Gasteiger partial charge < -0.3 is 19.9 Å². The lowest BCUT2D eigenvalue weighted by atomic mass is 9.92. The fourth-order valence-corrected chi connectivity index (χ4v) is 3.45. The number of pyridine rings is 1. The van der Waals surface area contributed by atoms with Crippen molar-refractivity contribution in [2.24, 2.45) is 0 Å². The number of ether oxygens (including phenoxy) is 2. The molecular weight excluding hydrogens is 392 g/mol. The number of benzene rings is 1. The molecule has 1 aliphatic rings. The molecule has 0 aliphatic heterocycles. The summed E-state index contributed by atoms with van der Waals surface area (Å²) >= 11 is 6.01. The first-order chi connectivity index (χ1) is 14.0. The number of hydrogen-bond donors (Lipinski definition) is 2. The van der Waals surface area contributed by atoms with Crippen LogP contribution < -0.4 is 10.1 Å². The highest BCUT2D eigenvalue weighted by Crippen LogP contribution is 2.30. The van der Waals surface area contributed by atoms with E-state index in [4.69, 9.17) is 21.1 Å². The van der Waals surface area contributed by atoms with Crippen LogP contribution in [0.25, 0.3) is 11.1 Å². The number of halogens is 1. The number of carbonyl (C=O) groups excluding carboxylic acids is 1. The van der Waals surface area contributed by atoms with Crippen molar-refractivity contribution in [2.75, 3.05) is 13.7 Å². The summed E-state index contributed by atoms with van der Waals surface area (Å²) < 4.78 is 11.1.